The van der Waals surface area contributed by atoms with E-state index in [9.17, 15) is 4.79 Å². The van der Waals surface area contributed by atoms with E-state index in [1.54, 1.807) is 24.6 Å². The molecule has 1 N–H and O–H groups in total. The number of hydrogen-bond acceptors (Lipinski definition) is 5. The molecule has 0 fully saturated rings. The van der Waals surface area contributed by atoms with Gasteiger partial charge in [0, 0.05) is 20.0 Å². The maximum Gasteiger partial charge on any atom is 0.287 e. The number of hydrogen-bond donors (Lipinski definition) is 1. The Morgan fingerprint density at radius 3 is 3.00 bits per heavy atom. The van der Waals surface area contributed by atoms with Crippen LogP contribution in [0.2, 0.25) is 5.02 Å². The lowest BCUT2D eigenvalue weighted by Crippen LogP contribution is -2.21. The van der Waals surface area contributed by atoms with Crippen LogP contribution in [0.4, 0.5) is 5.69 Å². The molecule has 0 amide bonds. The van der Waals surface area contributed by atoms with Gasteiger partial charge in [0.2, 0.25) is 0 Å². The highest BCUT2D eigenvalue weighted by Crippen LogP contribution is 2.22. The fourth-order valence-corrected chi connectivity index (χ4v) is 3.17. The molecule has 0 saturated heterocycles. The quantitative estimate of drug-likeness (QED) is 0.803. The van der Waals surface area contributed by atoms with Crippen molar-refractivity contribution in [2.24, 2.45) is 7.05 Å². The van der Waals surface area contributed by atoms with Crippen LogP contribution in [0.5, 0.6) is 0 Å². The zero-order valence-electron chi connectivity index (χ0n) is 11.3. The fourth-order valence-electron chi connectivity index (χ4n) is 1.96. The smallest absolute Gasteiger partial charge is 0.287 e. The number of nitrogens with one attached hydrogen (secondary N) is 1. The maximum atomic E-state index is 11.7. The molecule has 5 nitrogen and oxygen atoms in total. The van der Waals surface area contributed by atoms with E-state index in [1.807, 2.05) is 18.2 Å². The number of rotatable bonds is 4. The summed E-state index contributed by atoms with van der Waals surface area (Å²) >= 11 is 7.67. The predicted molar refractivity (Wildman–Crippen MR) is 86.3 cm³/mol. The summed E-state index contributed by atoms with van der Waals surface area (Å²) in [6, 6.07) is 8.05. The first-order valence-electron chi connectivity index (χ1n) is 6.45. The highest BCUT2D eigenvalue weighted by molar-refractivity contribution is 7.18. The van der Waals surface area contributed by atoms with Gasteiger partial charge in [0.15, 0.2) is 0 Å². The molecule has 3 aromatic rings. The number of para-hydroxylation sites is 1. The van der Waals surface area contributed by atoms with Crippen molar-refractivity contribution >= 4 is 38.8 Å². The van der Waals surface area contributed by atoms with Gasteiger partial charge in [0.1, 0.15) is 5.02 Å². The lowest BCUT2D eigenvalue weighted by atomic mass is 10.3. The van der Waals surface area contributed by atoms with Gasteiger partial charge in [-0.15, -0.1) is 11.3 Å². The summed E-state index contributed by atoms with van der Waals surface area (Å²) in [4.78, 5) is 16.2. The number of aromatic nitrogens is 3. The predicted octanol–water partition coefficient (Wildman–Crippen LogP) is 2.70. The second-order valence-corrected chi connectivity index (χ2v) is 6.05. The minimum absolute atomic E-state index is 0.164. The van der Waals surface area contributed by atoms with Crippen molar-refractivity contribution in [3.8, 4) is 0 Å². The first-order valence-corrected chi connectivity index (χ1v) is 7.65. The Morgan fingerprint density at radius 2 is 2.19 bits per heavy atom. The molecule has 7 heteroatoms. The SMILES string of the molecule is Cn1ncc(NCCc2nc3ccccc3s2)c(Cl)c1=O. The van der Waals surface area contributed by atoms with E-state index < -0.39 is 0 Å². The maximum absolute atomic E-state index is 11.7. The number of halogens is 1. The molecular formula is C14H13ClN4OS. The summed E-state index contributed by atoms with van der Waals surface area (Å²) in [5.74, 6) is 0. The third-order valence-electron chi connectivity index (χ3n) is 3.07. The Labute approximate surface area is 130 Å². The summed E-state index contributed by atoms with van der Waals surface area (Å²) in [5.41, 5.74) is 1.27. The third-order valence-corrected chi connectivity index (χ3v) is 4.53. The highest BCUT2D eigenvalue weighted by atomic mass is 35.5. The Balaban J connectivity index is 1.69. The van der Waals surface area contributed by atoms with Gasteiger partial charge in [0.25, 0.3) is 5.56 Å². The third kappa shape index (κ3) is 2.91. The van der Waals surface area contributed by atoms with Gasteiger partial charge in [-0.2, -0.15) is 5.10 Å². The second-order valence-electron chi connectivity index (χ2n) is 4.55. The van der Waals surface area contributed by atoms with Crippen LogP contribution in [0.3, 0.4) is 0 Å². The molecule has 2 aromatic heterocycles. The van der Waals surface area contributed by atoms with Crippen LogP contribution < -0.4 is 10.9 Å². The van der Waals surface area contributed by atoms with Gasteiger partial charge in [-0.1, -0.05) is 23.7 Å². The Hall–Kier alpha value is -1.92. The Morgan fingerprint density at radius 1 is 1.38 bits per heavy atom. The van der Waals surface area contributed by atoms with E-state index >= 15 is 0 Å². The molecule has 0 bridgehead atoms. The van der Waals surface area contributed by atoms with Crippen molar-refractivity contribution in [1.29, 1.82) is 0 Å². The first kappa shape index (κ1) is 14.0. The number of benzene rings is 1. The molecular weight excluding hydrogens is 308 g/mol. The lowest BCUT2D eigenvalue weighted by Gasteiger charge is -2.07. The number of thiazole rings is 1. The van der Waals surface area contributed by atoms with Gasteiger partial charge < -0.3 is 5.32 Å². The molecule has 108 valence electrons. The van der Waals surface area contributed by atoms with Crippen molar-refractivity contribution in [2.75, 3.05) is 11.9 Å². The first-order chi connectivity index (χ1) is 10.1. The van der Waals surface area contributed by atoms with Crippen LogP contribution in [-0.2, 0) is 13.5 Å². The molecule has 0 spiro atoms. The summed E-state index contributed by atoms with van der Waals surface area (Å²) in [7, 11) is 1.57. The van der Waals surface area contributed by atoms with Crippen LogP contribution in [0, 0.1) is 0 Å². The number of anilines is 1. The summed E-state index contributed by atoms with van der Waals surface area (Å²) in [5, 5.41) is 8.29. The molecule has 0 unspecified atom stereocenters. The van der Waals surface area contributed by atoms with Crippen LogP contribution in [0.15, 0.2) is 35.3 Å². The normalized spacial score (nSPS) is 11.0. The van der Waals surface area contributed by atoms with Gasteiger partial charge in [-0.25, -0.2) is 9.67 Å². The van der Waals surface area contributed by atoms with Crippen LogP contribution in [0.25, 0.3) is 10.2 Å². The van der Waals surface area contributed by atoms with Crippen molar-refractivity contribution in [1.82, 2.24) is 14.8 Å². The van der Waals surface area contributed by atoms with E-state index in [1.165, 1.54) is 9.38 Å². The molecule has 0 saturated carbocycles. The Kier molecular flexibility index (Phi) is 3.90. The van der Waals surface area contributed by atoms with Crippen molar-refractivity contribution < 1.29 is 0 Å². The molecule has 0 atom stereocenters. The minimum atomic E-state index is -0.304. The van der Waals surface area contributed by atoms with Crippen molar-refractivity contribution in [2.45, 2.75) is 6.42 Å². The second kappa shape index (κ2) is 5.83. The molecule has 2 heterocycles. The lowest BCUT2D eigenvalue weighted by molar-refractivity contribution is 0.708. The highest BCUT2D eigenvalue weighted by Gasteiger charge is 2.07. The number of fused-ring (bicyclic) bond motifs is 1. The van der Waals surface area contributed by atoms with E-state index in [4.69, 9.17) is 11.6 Å². The van der Waals surface area contributed by atoms with Crippen LogP contribution >= 0.6 is 22.9 Å². The van der Waals surface area contributed by atoms with Gasteiger partial charge in [-0.3, -0.25) is 4.79 Å². The van der Waals surface area contributed by atoms with Crippen molar-refractivity contribution in [3.05, 3.63) is 50.8 Å². The van der Waals surface area contributed by atoms with Crippen LogP contribution in [-0.4, -0.2) is 21.3 Å². The topological polar surface area (TPSA) is 59.8 Å². The van der Waals surface area contributed by atoms with Gasteiger partial charge in [-0.05, 0) is 12.1 Å². The standard InChI is InChI=1S/C14H13ClN4OS/c1-19-14(20)13(15)10(8-17-19)16-7-6-12-18-9-4-2-3-5-11(9)21-12/h2-5,8,16H,6-7H2,1H3. The minimum Gasteiger partial charge on any atom is -0.382 e. The average Bonchev–Trinajstić information content (AvgIpc) is 2.90. The molecule has 0 aliphatic carbocycles. The molecule has 1 aromatic carbocycles. The largest absolute Gasteiger partial charge is 0.382 e. The molecule has 3 rings (SSSR count). The zero-order chi connectivity index (χ0) is 14.8. The van der Waals surface area contributed by atoms with Crippen molar-refractivity contribution in [3.63, 3.8) is 0 Å². The van der Waals surface area contributed by atoms with Gasteiger partial charge >= 0.3 is 0 Å². The number of aryl methyl sites for hydroxylation is 1. The summed E-state index contributed by atoms with van der Waals surface area (Å²) in [6.45, 7) is 0.647. The van der Waals surface area contributed by atoms with E-state index in [0.717, 1.165) is 16.9 Å². The zero-order valence-corrected chi connectivity index (χ0v) is 12.9. The molecule has 0 aliphatic rings. The molecule has 0 radical (unpaired) electrons. The summed E-state index contributed by atoms with van der Waals surface area (Å²) in [6.07, 6.45) is 2.33. The summed E-state index contributed by atoms with van der Waals surface area (Å²) < 4.78 is 2.39. The Bertz CT molecular complexity index is 809. The fraction of sp³-hybridized carbons (Fsp3) is 0.214. The monoisotopic (exact) mass is 320 g/mol. The van der Waals surface area contributed by atoms with E-state index in [0.29, 0.717) is 12.2 Å². The van der Waals surface area contributed by atoms with E-state index in [2.05, 4.69) is 21.5 Å². The molecule has 21 heavy (non-hydrogen) atoms. The van der Waals surface area contributed by atoms with E-state index in [-0.39, 0.29) is 10.6 Å². The number of nitrogens with zero attached hydrogens (tertiary/aromatic N) is 3. The molecule has 0 aliphatic heterocycles. The van der Waals surface area contributed by atoms with Gasteiger partial charge in [0.05, 0.1) is 27.1 Å². The average molecular weight is 321 g/mol. The van der Waals surface area contributed by atoms with Crippen LogP contribution in [0.1, 0.15) is 5.01 Å².